The Morgan fingerprint density at radius 2 is 2.15 bits per heavy atom. The molecule has 0 spiro atoms. The summed E-state index contributed by atoms with van der Waals surface area (Å²) in [7, 11) is 0. The number of aliphatic hydroxyl groups is 1. The summed E-state index contributed by atoms with van der Waals surface area (Å²) >= 11 is 1.54. The van der Waals surface area contributed by atoms with Crippen molar-refractivity contribution in [2.24, 2.45) is 5.73 Å². The second kappa shape index (κ2) is 3.74. The molecule has 1 heterocycles. The lowest BCUT2D eigenvalue weighted by atomic mass is 9.99. The molecule has 1 aromatic rings. The monoisotopic (exact) mass is 200 g/mol. The van der Waals surface area contributed by atoms with Crippen molar-refractivity contribution in [2.75, 3.05) is 6.54 Å². The molecule has 0 aliphatic rings. The highest BCUT2D eigenvalue weighted by Crippen LogP contribution is 2.31. The summed E-state index contributed by atoms with van der Waals surface area (Å²) in [5, 5.41) is 11.1. The number of hydrogen-bond donors (Lipinski definition) is 2. The normalized spacial score (nSPS) is 15.8. The van der Waals surface area contributed by atoms with Crippen molar-refractivity contribution < 1.29 is 5.11 Å². The Labute approximate surface area is 82.6 Å². The van der Waals surface area contributed by atoms with Gasteiger partial charge in [0, 0.05) is 0 Å². The van der Waals surface area contributed by atoms with Crippen LogP contribution in [0.3, 0.4) is 0 Å². The molecule has 13 heavy (non-hydrogen) atoms. The van der Waals surface area contributed by atoms with Crippen LogP contribution >= 0.6 is 11.3 Å². The number of nitrogens with zero attached hydrogens (tertiary/aromatic N) is 1. The predicted octanol–water partition coefficient (Wildman–Crippen LogP) is 1.32. The molecule has 1 atom stereocenters. The van der Waals surface area contributed by atoms with Crippen LogP contribution in [0.1, 0.15) is 28.9 Å². The molecule has 0 aromatic carbocycles. The Hall–Kier alpha value is -0.450. The Bertz CT molecular complexity index is 294. The van der Waals surface area contributed by atoms with Gasteiger partial charge in [-0.1, -0.05) is 0 Å². The smallest absolute Gasteiger partial charge is 0.0990 e. The fourth-order valence-corrected chi connectivity index (χ4v) is 2.42. The molecule has 0 aliphatic carbocycles. The van der Waals surface area contributed by atoms with Gasteiger partial charge in [-0.2, -0.15) is 0 Å². The molecule has 1 aromatic heterocycles. The van der Waals surface area contributed by atoms with Crippen molar-refractivity contribution >= 4 is 11.3 Å². The average Bonchev–Trinajstić information content (AvgIpc) is 2.30. The Morgan fingerprint density at radius 1 is 1.54 bits per heavy atom. The molecule has 0 aliphatic heterocycles. The molecular weight excluding hydrogens is 184 g/mol. The van der Waals surface area contributed by atoms with Crippen LogP contribution in [0, 0.1) is 13.8 Å². The second-order valence-electron chi connectivity index (χ2n) is 3.46. The Morgan fingerprint density at radius 3 is 2.54 bits per heavy atom. The van der Waals surface area contributed by atoms with Crippen molar-refractivity contribution in [2.45, 2.75) is 32.8 Å². The summed E-state index contributed by atoms with van der Waals surface area (Å²) in [6, 6.07) is 0. The number of nitrogens with two attached hydrogens (primary N) is 1. The maximum Gasteiger partial charge on any atom is 0.0990 e. The zero-order valence-corrected chi connectivity index (χ0v) is 9.11. The number of aryl methyl sites for hydroxylation is 2. The molecule has 4 heteroatoms. The van der Waals surface area contributed by atoms with Crippen LogP contribution in [-0.4, -0.2) is 16.6 Å². The van der Waals surface area contributed by atoms with Crippen molar-refractivity contribution in [3.63, 3.8) is 0 Å². The molecular formula is C9H16N2OS. The summed E-state index contributed by atoms with van der Waals surface area (Å²) < 4.78 is 0. The molecule has 0 amide bonds. The largest absolute Gasteiger partial charge is 0.384 e. The molecule has 74 valence electrons. The van der Waals surface area contributed by atoms with Gasteiger partial charge >= 0.3 is 0 Å². The lowest BCUT2D eigenvalue weighted by molar-refractivity contribution is 0.0534. The van der Waals surface area contributed by atoms with Gasteiger partial charge in [0.15, 0.2) is 0 Å². The van der Waals surface area contributed by atoms with E-state index < -0.39 is 5.60 Å². The third-order valence-electron chi connectivity index (χ3n) is 2.02. The minimum atomic E-state index is -0.815. The maximum atomic E-state index is 10.1. The van der Waals surface area contributed by atoms with Gasteiger partial charge in [-0.25, -0.2) is 4.98 Å². The fourth-order valence-electron chi connectivity index (χ4n) is 1.43. The van der Waals surface area contributed by atoms with Crippen LogP contribution in [-0.2, 0) is 5.60 Å². The van der Waals surface area contributed by atoms with E-state index in [4.69, 9.17) is 5.73 Å². The summed E-state index contributed by atoms with van der Waals surface area (Å²) in [6.45, 7) is 6.15. The van der Waals surface area contributed by atoms with Crippen LogP contribution in [0.25, 0.3) is 0 Å². The first-order valence-corrected chi connectivity index (χ1v) is 5.16. The van der Waals surface area contributed by atoms with E-state index in [0.717, 1.165) is 15.6 Å². The van der Waals surface area contributed by atoms with Gasteiger partial charge in [0.1, 0.15) is 0 Å². The first-order chi connectivity index (χ1) is 5.97. The van der Waals surface area contributed by atoms with Crippen molar-refractivity contribution in [1.82, 2.24) is 4.98 Å². The molecule has 1 rings (SSSR count). The molecule has 3 nitrogen and oxygen atoms in total. The zero-order valence-electron chi connectivity index (χ0n) is 8.29. The minimum Gasteiger partial charge on any atom is -0.384 e. The number of rotatable bonds is 3. The van der Waals surface area contributed by atoms with E-state index in [0.29, 0.717) is 13.0 Å². The molecule has 0 bridgehead atoms. The standard InChI is InChI=1S/C9H16N2OS/c1-6-8(13-7(2)11-6)9(3,12)4-5-10/h12H,4-5,10H2,1-3H3. The van der Waals surface area contributed by atoms with Crippen molar-refractivity contribution in [3.05, 3.63) is 15.6 Å². The highest BCUT2D eigenvalue weighted by molar-refractivity contribution is 7.11. The lowest BCUT2D eigenvalue weighted by Crippen LogP contribution is -2.24. The predicted molar refractivity (Wildman–Crippen MR) is 54.8 cm³/mol. The summed E-state index contributed by atoms with van der Waals surface area (Å²) in [5.74, 6) is 0. The average molecular weight is 200 g/mol. The molecule has 0 saturated heterocycles. The molecule has 1 unspecified atom stereocenters. The van der Waals surface area contributed by atoms with Crippen molar-refractivity contribution in [1.29, 1.82) is 0 Å². The summed E-state index contributed by atoms with van der Waals surface area (Å²) in [5.41, 5.74) is 5.54. The highest BCUT2D eigenvalue weighted by Gasteiger charge is 2.26. The van der Waals surface area contributed by atoms with Crippen LogP contribution in [0.15, 0.2) is 0 Å². The van der Waals surface area contributed by atoms with Crippen LogP contribution in [0.5, 0.6) is 0 Å². The maximum absolute atomic E-state index is 10.1. The number of thiazole rings is 1. The number of aromatic nitrogens is 1. The van der Waals surface area contributed by atoms with E-state index >= 15 is 0 Å². The minimum absolute atomic E-state index is 0.489. The van der Waals surface area contributed by atoms with Crippen LogP contribution in [0.4, 0.5) is 0 Å². The number of hydrogen-bond acceptors (Lipinski definition) is 4. The van der Waals surface area contributed by atoms with Gasteiger partial charge in [0.25, 0.3) is 0 Å². The zero-order chi connectivity index (χ0) is 10.1. The van der Waals surface area contributed by atoms with Gasteiger partial charge in [-0.15, -0.1) is 11.3 Å². The van der Waals surface area contributed by atoms with E-state index in [1.54, 1.807) is 18.3 Å². The van der Waals surface area contributed by atoms with E-state index in [1.807, 2.05) is 13.8 Å². The molecule has 0 radical (unpaired) electrons. The molecule has 0 saturated carbocycles. The van der Waals surface area contributed by atoms with Gasteiger partial charge in [-0.3, -0.25) is 0 Å². The van der Waals surface area contributed by atoms with Gasteiger partial charge in [0.2, 0.25) is 0 Å². The SMILES string of the molecule is Cc1nc(C)c(C(C)(O)CCN)s1. The third kappa shape index (κ3) is 2.27. The van der Waals surface area contributed by atoms with E-state index in [9.17, 15) is 5.11 Å². The summed E-state index contributed by atoms with van der Waals surface area (Å²) in [4.78, 5) is 5.22. The molecule has 0 fully saturated rings. The topological polar surface area (TPSA) is 59.1 Å². The third-order valence-corrected chi connectivity index (χ3v) is 3.35. The highest BCUT2D eigenvalue weighted by atomic mass is 32.1. The fraction of sp³-hybridized carbons (Fsp3) is 0.667. The second-order valence-corrected chi connectivity index (χ2v) is 4.66. The van der Waals surface area contributed by atoms with Gasteiger partial charge in [0.05, 0.1) is 21.2 Å². The van der Waals surface area contributed by atoms with E-state index in [2.05, 4.69) is 4.98 Å². The summed E-state index contributed by atoms with van der Waals surface area (Å²) in [6.07, 6.45) is 0.579. The quantitative estimate of drug-likeness (QED) is 0.773. The lowest BCUT2D eigenvalue weighted by Gasteiger charge is -2.21. The van der Waals surface area contributed by atoms with E-state index in [1.165, 1.54) is 0 Å². The first kappa shape index (κ1) is 10.6. The molecule has 3 N–H and O–H groups in total. The van der Waals surface area contributed by atoms with Gasteiger partial charge in [-0.05, 0) is 33.7 Å². The van der Waals surface area contributed by atoms with Crippen molar-refractivity contribution in [3.8, 4) is 0 Å². The van der Waals surface area contributed by atoms with Crippen LogP contribution < -0.4 is 5.73 Å². The Kier molecular flexibility index (Phi) is 3.05. The van der Waals surface area contributed by atoms with E-state index in [-0.39, 0.29) is 0 Å². The van der Waals surface area contributed by atoms with Gasteiger partial charge < -0.3 is 10.8 Å². The first-order valence-electron chi connectivity index (χ1n) is 4.34. The van der Waals surface area contributed by atoms with Crippen LogP contribution in [0.2, 0.25) is 0 Å². The Balaban J connectivity index is 2.98.